The number of carbonyl (C=O) groups is 1. The van der Waals surface area contributed by atoms with E-state index < -0.39 is 0 Å². The molecule has 1 heterocycles. The zero-order valence-corrected chi connectivity index (χ0v) is 11.5. The maximum atomic E-state index is 11.6. The summed E-state index contributed by atoms with van der Waals surface area (Å²) in [7, 11) is 0. The van der Waals surface area contributed by atoms with E-state index in [0.717, 1.165) is 18.0 Å². The summed E-state index contributed by atoms with van der Waals surface area (Å²) in [6.45, 7) is 9.22. The summed E-state index contributed by atoms with van der Waals surface area (Å²) >= 11 is 0. The minimum atomic E-state index is -0.192. The monoisotopic (exact) mass is 248 g/mol. The molecule has 4 heteroatoms. The number of nitrogens with zero attached hydrogens (tertiary/aromatic N) is 2. The topological polar surface area (TPSA) is 44.1 Å². The van der Waals surface area contributed by atoms with Crippen molar-refractivity contribution in [2.75, 3.05) is 6.61 Å². The van der Waals surface area contributed by atoms with E-state index in [9.17, 15) is 4.79 Å². The van der Waals surface area contributed by atoms with Gasteiger partial charge in [0.2, 0.25) is 0 Å². The molecule has 98 valence electrons. The van der Waals surface area contributed by atoms with Crippen LogP contribution in [-0.4, -0.2) is 22.4 Å². The van der Waals surface area contributed by atoms with Crippen LogP contribution < -0.4 is 0 Å². The van der Waals surface area contributed by atoms with Crippen molar-refractivity contribution in [1.82, 2.24) is 9.78 Å². The van der Waals surface area contributed by atoms with Crippen LogP contribution in [0.1, 0.15) is 43.6 Å². The zero-order chi connectivity index (χ0) is 13.1. The smallest absolute Gasteiger partial charge is 0.327 e. The fraction of sp³-hybridized carbons (Fsp3) is 0.714. The average molecular weight is 248 g/mol. The molecule has 1 fully saturated rings. The maximum Gasteiger partial charge on any atom is 0.327 e. The molecular weight excluding hydrogens is 228 g/mol. The molecule has 0 aromatic carbocycles. The lowest BCUT2D eigenvalue weighted by Gasteiger charge is -2.10. The van der Waals surface area contributed by atoms with Gasteiger partial charge in [-0.2, -0.15) is 5.10 Å². The largest absolute Gasteiger partial charge is 0.465 e. The van der Waals surface area contributed by atoms with E-state index in [4.69, 9.17) is 4.74 Å². The Morgan fingerprint density at radius 1 is 1.56 bits per heavy atom. The number of aromatic nitrogens is 2. The first-order valence-corrected chi connectivity index (χ1v) is 6.68. The summed E-state index contributed by atoms with van der Waals surface area (Å²) < 4.78 is 6.85. The third-order valence-corrected chi connectivity index (χ3v) is 4.64. The van der Waals surface area contributed by atoms with Crippen LogP contribution in [0.15, 0.2) is 0 Å². The first-order valence-electron chi connectivity index (χ1n) is 6.68. The van der Waals surface area contributed by atoms with Crippen molar-refractivity contribution in [1.29, 1.82) is 0 Å². The first-order chi connectivity index (χ1) is 8.46. The molecule has 1 aromatic heterocycles. The van der Waals surface area contributed by atoms with Crippen molar-refractivity contribution in [3.05, 3.63) is 17.0 Å². The third kappa shape index (κ3) is 1.44. The van der Waals surface area contributed by atoms with Crippen LogP contribution in [-0.2, 0) is 22.5 Å². The molecule has 3 rings (SSSR count). The Balaban J connectivity index is 1.86. The van der Waals surface area contributed by atoms with Gasteiger partial charge < -0.3 is 4.74 Å². The van der Waals surface area contributed by atoms with Gasteiger partial charge in [0.1, 0.15) is 6.54 Å². The lowest BCUT2D eigenvalue weighted by Crippen LogP contribution is -2.17. The highest BCUT2D eigenvalue weighted by molar-refractivity contribution is 5.69. The number of ether oxygens (including phenoxy) is 1. The Kier molecular flexibility index (Phi) is 2.34. The summed E-state index contributed by atoms with van der Waals surface area (Å²) in [4.78, 5) is 11.6. The molecular formula is C14H20N2O2. The summed E-state index contributed by atoms with van der Waals surface area (Å²) in [6, 6.07) is 0. The Bertz CT molecular complexity index is 516. The molecule has 18 heavy (non-hydrogen) atoms. The number of aryl methyl sites for hydroxylation is 1. The van der Waals surface area contributed by atoms with Crippen LogP contribution in [0.3, 0.4) is 0 Å². The highest BCUT2D eigenvalue weighted by Crippen LogP contribution is 2.70. The van der Waals surface area contributed by atoms with Crippen molar-refractivity contribution in [2.24, 2.45) is 11.3 Å². The zero-order valence-electron chi connectivity index (χ0n) is 11.5. The maximum absolute atomic E-state index is 11.6. The van der Waals surface area contributed by atoms with Gasteiger partial charge in [-0.1, -0.05) is 13.8 Å². The number of fused-ring (bicyclic) bond motifs is 3. The lowest BCUT2D eigenvalue weighted by atomic mass is 9.98. The first kappa shape index (κ1) is 11.8. The van der Waals surface area contributed by atoms with Crippen LogP contribution >= 0.6 is 0 Å². The van der Waals surface area contributed by atoms with E-state index in [-0.39, 0.29) is 12.5 Å². The molecule has 1 saturated carbocycles. The SMILES string of the molecule is CCOC(=O)Cn1nc(C)c2c1CC1C2C1(C)C. The van der Waals surface area contributed by atoms with Crippen molar-refractivity contribution < 1.29 is 9.53 Å². The van der Waals surface area contributed by atoms with E-state index in [0.29, 0.717) is 17.9 Å². The van der Waals surface area contributed by atoms with Crippen molar-refractivity contribution in [3.8, 4) is 0 Å². The predicted octanol–water partition coefficient (Wildman–Crippen LogP) is 2.05. The minimum absolute atomic E-state index is 0.192. The Labute approximate surface area is 107 Å². The number of rotatable bonds is 3. The van der Waals surface area contributed by atoms with Crippen molar-refractivity contribution >= 4 is 5.97 Å². The van der Waals surface area contributed by atoms with E-state index in [1.165, 1.54) is 11.3 Å². The van der Waals surface area contributed by atoms with Gasteiger partial charge in [0.25, 0.3) is 0 Å². The van der Waals surface area contributed by atoms with Gasteiger partial charge in [0.05, 0.1) is 12.3 Å². The van der Waals surface area contributed by atoms with E-state index in [2.05, 4.69) is 25.9 Å². The van der Waals surface area contributed by atoms with Crippen LogP contribution in [0.2, 0.25) is 0 Å². The summed E-state index contributed by atoms with van der Waals surface area (Å²) in [6.07, 6.45) is 1.06. The number of hydrogen-bond donors (Lipinski definition) is 0. The van der Waals surface area contributed by atoms with Crippen molar-refractivity contribution in [2.45, 2.75) is 46.6 Å². The Hall–Kier alpha value is -1.32. The van der Waals surface area contributed by atoms with Gasteiger partial charge in [0.15, 0.2) is 0 Å². The lowest BCUT2D eigenvalue weighted by molar-refractivity contribution is -0.144. The van der Waals surface area contributed by atoms with E-state index in [1.807, 2.05) is 11.6 Å². The van der Waals surface area contributed by atoms with Crippen LogP contribution in [0.5, 0.6) is 0 Å². The molecule has 0 amide bonds. The standard InChI is InChI=1S/C14H20N2O2/c1-5-18-11(17)7-16-10-6-9-13(14(9,3)4)12(10)8(2)15-16/h9,13H,5-7H2,1-4H3. The molecule has 2 atom stereocenters. The van der Waals surface area contributed by atoms with Crippen LogP contribution in [0.25, 0.3) is 0 Å². The molecule has 0 bridgehead atoms. The van der Waals surface area contributed by atoms with Gasteiger partial charge in [-0.3, -0.25) is 9.48 Å². The minimum Gasteiger partial charge on any atom is -0.465 e. The number of hydrogen-bond acceptors (Lipinski definition) is 3. The Morgan fingerprint density at radius 2 is 2.28 bits per heavy atom. The quantitative estimate of drug-likeness (QED) is 0.769. The summed E-state index contributed by atoms with van der Waals surface area (Å²) in [5.74, 6) is 1.21. The highest BCUT2D eigenvalue weighted by atomic mass is 16.5. The fourth-order valence-corrected chi connectivity index (χ4v) is 3.63. The molecule has 2 aliphatic rings. The second kappa shape index (κ2) is 3.59. The molecule has 0 N–H and O–H groups in total. The van der Waals surface area contributed by atoms with Gasteiger partial charge in [0, 0.05) is 11.3 Å². The van der Waals surface area contributed by atoms with Gasteiger partial charge in [-0.05, 0) is 37.5 Å². The molecule has 2 aliphatic carbocycles. The third-order valence-electron chi connectivity index (χ3n) is 4.64. The number of esters is 1. The molecule has 2 unspecified atom stereocenters. The van der Waals surface area contributed by atoms with E-state index in [1.54, 1.807) is 0 Å². The molecule has 0 spiro atoms. The molecule has 0 saturated heterocycles. The second-order valence-electron chi connectivity index (χ2n) is 6.02. The molecule has 0 radical (unpaired) electrons. The van der Waals surface area contributed by atoms with Gasteiger partial charge in [-0.15, -0.1) is 0 Å². The summed E-state index contributed by atoms with van der Waals surface area (Å²) in [5, 5.41) is 4.51. The van der Waals surface area contributed by atoms with Crippen molar-refractivity contribution in [3.63, 3.8) is 0 Å². The van der Waals surface area contributed by atoms with Gasteiger partial charge in [-0.25, -0.2) is 0 Å². The highest BCUT2D eigenvalue weighted by Gasteiger charge is 2.63. The van der Waals surface area contributed by atoms with Crippen LogP contribution in [0.4, 0.5) is 0 Å². The normalized spacial score (nSPS) is 26.7. The predicted molar refractivity (Wildman–Crippen MR) is 67.3 cm³/mol. The second-order valence-corrected chi connectivity index (χ2v) is 6.02. The van der Waals surface area contributed by atoms with Gasteiger partial charge >= 0.3 is 5.97 Å². The molecule has 0 aliphatic heterocycles. The summed E-state index contributed by atoms with van der Waals surface area (Å²) in [5.41, 5.74) is 4.17. The van der Waals surface area contributed by atoms with E-state index >= 15 is 0 Å². The number of carbonyl (C=O) groups excluding carboxylic acids is 1. The average Bonchev–Trinajstić information content (AvgIpc) is 2.67. The Morgan fingerprint density at radius 3 is 2.94 bits per heavy atom. The fourth-order valence-electron chi connectivity index (χ4n) is 3.63. The van der Waals surface area contributed by atoms with Crippen LogP contribution in [0, 0.1) is 18.3 Å². The molecule has 1 aromatic rings. The molecule has 4 nitrogen and oxygen atoms in total.